The average Bonchev–Trinajstić information content (AvgIpc) is 2.82. The van der Waals surface area contributed by atoms with Crippen LogP contribution in [0.2, 0.25) is 0 Å². The van der Waals surface area contributed by atoms with E-state index in [9.17, 15) is 13.2 Å². The summed E-state index contributed by atoms with van der Waals surface area (Å²) in [6.07, 6.45) is 2.79. The molecular weight excluding hydrogens is 277 g/mol. The number of aryl methyl sites for hydroxylation is 1. The first-order chi connectivity index (χ1) is 7.96. The zero-order valence-corrected chi connectivity index (χ0v) is 9.95. The SMILES string of the molecule is Cc1sc(-c2ncco2)nc1OSC(F)(F)F. The highest BCUT2D eigenvalue weighted by Gasteiger charge is 2.32. The molecule has 0 aromatic carbocycles. The molecular formula is C8H5F3N2O2S2. The minimum atomic E-state index is -4.46. The van der Waals surface area contributed by atoms with Crippen LogP contribution in [0.1, 0.15) is 4.88 Å². The normalized spacial score (nSPS) is 11.8. The van der Waals surface area contributed by atoms with E-state index in [1.807, 2.05) is 0 Å². The van der Waals surface area contributed by atoms with Gasteiger partial charge in [0.05, 0.1) is 11.1 Å². The van der Waals surface area contributed by atoms with Gasteiger partial charge < -0.3 is 8.60 Å². The minimum absolute atomic E-state index is 0.0782. The Balaban J connectivity index is 2.14. The van der Waals surface area contributed by atoms with Crippen LogP contribution in [0.3, 0.4) is 0 Å². The Morgan fingerprint density at radius 2 is 2.24 bits per heavy atom. The van der Waals surface area contributed by atoms with E-state index < -0.39 is 17.6 Å². The van der Waals surface area contributed by atoms with E-state index in [2.05, 4.69) is 14.2 Å². The van der Waals surface area contributed by atoms with Crippen molar-refractivity contribution in [2.45, 2.75) is 12.4 Å². The molecule has 0 spiro atoms. The molecule has 0 aliphatic heterocycles. The Morgan fingerprint density at radius 1 is 1.47 bits per heavy atom. The molecule has 0 amide bonds. The van der Waals surface area contributed by atoms with Crippen LogP contribution in [-0.4, -0.2) is 15.5 Å². The second-order valence-electron chi connectivity index (χ2n) is 2.83. The van der Waals surface area contributed by atoms with E-state index in [-0.39, 0.29) is 11.8 Å². The van der Waals surface area contributed by atoms with E-state index in [0.29, 0.717) is 9.88 Å². The summed E-state index contributed by atoms with van der Waals surface area (Å²) >= 11 is 0.554. The second kappa shape index (κ2) is 4.57. The smallest absolute Gasteiger partial charge is 0.443 e. The van der Waals surface area contributed by atoms with Crippen LogP contribution in [0.25, 0.3) is 10.9 Å². The maximum Gasteiger partial charge on any atom is 0.479 e. The largest absolute Gasteiger partial charge is 0.479 e. The highest BCUT2D eigenvalue weighted by Crippen LogP contribution is 2.37. The molecule has 2 heterocycles. The minimum Gasteiger partial charge on any atom is -0.443 e. The molecule has 0 bridgehead atoms. The van der Waals surface area contributed by atoms with Gasteiger partial charge in [-0.3, -0.25) is 0 Å². The van der Waals surface area contributed by atoms with Crippen LogP contribution in [0.15, 0.2) is 16.9 Å². The fraction of sp³-hybridized carbons (Fsp3) is 0.250. The van der Waals surface area contributed by atoms with E-state index >= 15 is 0 Å². The van der Waals surface area contributed by atoms with Crippen molar-refractivity contribution in [3.63, 3.8) is 0 Å². The highest BCUT2D eigenvalue weighted by atomic mass is 32.2. The summed E-state index contributed by atoms with van der Waals surface area (Å²) in [6, 6.07) is 0. The van der Waals surface area contributed by atoms with Crippen molar-refractivity contribution in [1.29, 1.82) is 0 Å². The van der Waals surface area contributed by atoms with E-state index in [4.69, 9.17) is 4.42 Å². The molecule has 0 atom stereocenters. The fourth-order valence-electron chi connectivity index (χ4n) is 0.967. The van der Waals surface area contributed by atoms with Crippen molar-refractivity contribution < 1.29 is 21.8 Å². The summed E-state index contributed by atoms with van der Waals surface area (Å²) in [5, 5.41) is 0.380. The third kappa shape index (κ3) is 3.13. The molecule has 0 saturated heterocycles. The zero-order valence-electron chi connectivity index (χ0n) is 8.32. The van der Waals surface area contributed by atoms with Gasteiger partial charge in [0, 0.05) is 0 Å². The number of aromatic nitrogens is 2. The predicted octanol–water partition coefficient (Wildman–Crippen LogP) is 3.65. The van der Waals surface area contributed by atoms with E-state index in [1.54, 1.807) is 6.92 Å². The van der Waals surface area contributed by atoms with Crippen LogP contribution in [0, 0.1) is 6.92 Å². The van der Waals surface area contributed by atoms with Crippen molar-refractivity contribution >= 4 is 23.4 Å². The number of alkyl halides is 3. The van der Waals surface area contributed by atoms with Crippen LogP contribution in [0.5, 0.6) is 5.88 Å². The summed E-state index contributed by atoms with van der Waals surface area (Å²) < 4.78 is 45.3. The molecule has 0 aliphatic rings. The summed E-state index contributed by atoms with van der Waals surface area (Å²) in [5.74, 6) is 0.176. The molecule has 2 aromatic heterocycles. The second-order valence-corrected chi connectivity index (χ2v) is 4.83. The van der Waals surface area contributed by atoms with Gasteiger partial charge in [-0.25, -0.2) is 4.98 Å². The van der Waals surface area contributed by atoms with Crippen LogP contribution in [0.4, 0.5) is 13.2 Å². The standard InChI is InChI=1S/C8H5F3N2O2S2/c1-4-5(15-17-8(9,10)11)13-7(16-4)6-12-2-3-14-6/h2-3H,1H3. The van der Waals surface area contributed by atoms with Gasteiger partial charge in [0.2, 0.25) is 5.88 Å². The molecule has 0 aliphatic carbocycles. The molecule has 0 N–H and O–H groups in total. The van der Waals surface area contributed by atoms with Crippen molar-refractivity contribution in [3.05, 3.63) is 17.3 Å². The average molecular weight is 282 g/mol. The Morgan fingerprint density at radius 3 is 2.82 bits per heavy atom. The number of thiazole rings is 1. The van der Waals surface area contributed by atoms with Gasteiger partial charge in [0.1, 0.15) is 6.26 Å². The summed E-state index contributed by atoms with van der Waals surface area (Å²) in [7, 11) is 0. The third-order valence-corrected chi connectivity index (χ3v) is 2.95. The van der Waals surface area contributed by atoms with Gasteiger partial charge >= 0.3 is 5.51 Å². The molecule has 0 saturated carbocycles. The summed E-state index contributed by atoms with van der Waals surface area (Å²) in [5.41, 5.74) is -4.46. The molecule has 0 fully saturated rings. The van der Waals surface area contributed by atoms with Gasteiger partial charge in [-0.1, -0.05) is 0 Å². The van der Waals surface area contributed by atoms with Gasteiger partial charge in [-0.2, -0.15) is 18.2 Å². The lowest BCUT2D eigenvalue weighted by Gasteiger charge is -2.03. The van der Waals surface area contributed by atoms with Gasteiger partial charge in [0.15, 0.2) is 17.1 Å². The first-order valence-electron chi connectivity index (χ1n) is 4.25. The molecule has 2 rings (SSSR count). The Kier molecular flexibility index (Phi) is 3.29. The number of hydrogen-bond donors (Lipinski definition) is 0. The van der Waals surface area contributed by atoms with Crippen molar-refractivity contribution in [2.24, 2.45) is 0 Å². The fourth-order valence-corrected chi connectivity index (χ4v) is 2.14. The number of nitrogens with zero attached hydrogens (tertiary/aromatic N) is 2. The first-order valence-corrected chi connectivity index (χ1v) is 5.81. The lowest BCUT2D eigenvalue weighted by Crippen LogP contribution is -2.03. The monoisotopic (exact) mass is 282 g/mol. The Hall–Kier alpha value is -1.22. The predicted molar refractivity (Wildman–Crippen MR) is 56.6 cm³/mol. The topological polar surface area (TPSA) is 48.2 Å². The first kappa shape index (κ1) is 12.2. The van der Waals surface area contributed by atoms with Crippen molar-refractivity contribution in [2.75, 3.05) is 0 Å². The van der Waals surface area contributed by atoms with Gasteiger partial charge in [-0.15, -0.1) is 11.3 Å². The lowest BCUT2D eigenvalue weighted by molar-refractivity contribution is -0.0370. The third-order valence-electron chi connectivity index (χ3n) is 1.58. The van der Waals surface area contributed by atoms with Crippen LogP contribution < -0.4 is 4.18 Å². The number of halogens is 3. The molecule has 92 valence electrons. The van der Waals surface area contributed by atoms with Crippen molar-refractivity contribution in [3.8, 4) is 16.8 Å². The summed E-state index contributed by atoms with van der Waals surface area (Å²) in [4.78, 5) is 8.24. The van der Waals surface area contributed by atoms with Crippen LogP contribution >= 0.6 is 23.4 Å². The molecule has 0 unspecified atom stereocenters. The molecule has 4 nitrogen and oxygen atoms in total. The number of hydrogen-bond acceptors (Lipinski definition) is 6. The Bertz CT molecular complexity index is 495. The lowest BCUT2D eigenvalue weighted by atomic mass is 10.6. The number of oxazole rings is 1. The maximum atomic E-state index is 11.9. The maximum absolute atomic E-state index is 11.9. The molecule has 0 radical (unpaired) electrons. The van der Waals surface area contributed by atoms with E-state index in [1.165, 1.54) is 12.5 Å². The molecule has 2 aromatic rings. The quantitative estimate of drug-likeness (QED) is 0.804. The summed E-state index contributed by atoms with van der Waals surface area (Å²) in [6.45, 7) is 1.61. The molecule has 17 heavy (non-hydrogen) atoms. The van der Waals surface area contributed by atoms with Crippen LogP contribution in [-0.2, 0) is 0 Å². The van der Waals surface area contributed by atoms with Crippen molar-refractivity contribution in [1.82, 2.24) is 9.97 Å². The van der Waals surface area contributed by atoms with Gasteiger partial charge in [-0.05, 0) is 6.92 Å². The van der Waals surface area contributed by atoms with Gasteiger partial charge in [0.25, 0.3) is 5.89 Å². The zero-order chi connectivity index (χ0) is 12.5. The molecule has 9 heteroatoms. The number of rotatable bonds is 3. The van der Waals surface area contributed by atoms with E-state index in [0.717, 1.165) is 11.3 Å². The highest BCUT2D eigenvalue weighted by molar-refractivity contribution is 7.95. The Labute approximate surface area is 102 Å².